The van der Waals surface area contributed by atoms with E-state index in [1.807, 2.05) is 61.2 Å². The summed E-state index contributed by atoms with van der Waals surface area (Å²) in [7, 11) is -0.777. The highest BCUT2D eigenvalue weighted by atomic mass is 79.9. The molecule has 0 atom stereocenters. The van der Waals surface area contributed by atoms with Crippen LogP contribution < -0.4 is 15.4 Å². The minimum atomic E-state index is -2.68. The lowest BCUT2D eigenvalue weighted by atomic mass is 10.1. The van der Waals surface area contributed by atoms with Gasteiger partial charge in [0.15, 0.2) is 0 Å². The van der Waals surface area contributed by atoms with Gasteiger partial charge in [-0.25, -0.2) is 18.1 Å². The Hall–Kier alpha value is -3.02. The first-order chi connectivity index (χ1) is 14.9. The van der Waals surface area contributed by atoms with Crippen LogP contribution in [0.5, 0.6) is 0 Å². The Labute approximate surface area is 189 Å². The van der Waals surface area contributed by atoms with E-state index in [1.165, 1.54) is 0 Å². The van der Waals surface area contributed by atoms with Crippen LogP contribution in [0.25, 0.3) is 10.9 Å². The van der Waals surface area contributed by atoms with Crippen LogP contribution in [0, 0.1) is 6.92 Å². The van der Waals surface area contributed by atoms with Gasteiger partial charge in [0.05, 0.1) is 16.2 Å². The van der Waals surface area contributed by atoms with Crippen molar-refractivity contribution in [3.8, 4) is 0 Å². The predicted molar refractivity (Wildman–Crippen MR) is 125 cm³/mol. The minimum Gasteiger partial charge on any atom is -0.339 e. The van der Waals surface area contributed by atoms with Crippen LogP contribution in [0.3, 0.4) is 0 Å². The third-order valence-corrected chi connectivity index (χ3v) is 5.74. The topological polar surface area (TPSA) is 114 Å². The summed E-state index contributed by atoms with van der Waals surface area (Å²) in [5, 5.41) is 11.9. The largest absolute Gasteiger partial charge is 0.339 e. The molecule has 4 aromatic rings. The third-order valence-electron chi connectivity index (χ3n) is 4.74. The standard InChI is InChI=1S/C20H20BrN7O2S/c1-12-7-14(8-18-15(12)10-23-28(18)2)25-20-22-11-16(21)19(27-20)26-17-6-4-3-5-13(17)9-24-31(29)30/h3-8,10-11,31H,9H2,1-2H3,(H,24,29,30)(H2,22,25,26,27). The number of para-hydroxylation sites is 1. The van der Waals surface area contributed by atoms with Crippen LogP contribution in [0.15, 0.2) is 53.3 Å². The van der Waals surface area contributed by atoms with Gasteiger partial charge in [-0.15, -0.1) is 0 Å². The molecule has 0 radical (unpaired) electrons. The van der Waals surface area contributed by atoms with Gasteiger partial charge < -0.3 is 10.6 Å². The Bertz CT molecular complexity index is 1330. The maximum atomic E-state index is 10.9. The number of halogens is 1. The van der Waals surface area contributed by atoms with E-state index in [0.717, 1.165) is 33.4 Å². The Morgan fingerprint density at radius 2 is 1.94 bits per heavy atom. The van der Waals surface area contributed by atoms with E-state index >= 15 is 0 Å². The van der Waals surface area contributed by atoms with Crippen LogP contribution in [0.4, 0.5) is 23.1 Å². The van der Waals surface area contributed by atoms with Crippen molar-refractivity contribution in [1.82, 2.24) is 24.5 Å². The van der Waals surface area contributed by atoms with Crippen molar-refractivity contribution in [2.75, 3.05) is 10.6 Å². The lowest BCUT2D eigenvalue weighted by Crippen LogP contribution is -2.12. The zero-order chi connectivity index (χ0) is 22.0. The van der Waals surface area contributed by atoms with Crippen molar-refractivity contribution in [3.63, 3.8) is 0 Å². The number of thiol groups is 1. The number of aryl methyl sites for hydroxylation is 2. The third kappa shape index (κ3) is 4.84. The van der Waals surface area contributed by atoms with Crippen molar-refractivity contribution in [1.29, 1.82) is 0 Å². The second-order valence-corrected chi connectivity index (χ2v) is 8.57. The van der Waals surface area contributed by atoms with Gasteiger partial charge in [-0.05, 0) is 52.2 Å². The van der Waals surface area contributed by atoms with Gasteiger partial charge in [0.1, 0.15) is 5.82 Å². The highest BCUT2D eigenvalue weighted by Crippen LogP contribution is 2.28. The molecular weight excluding hydrogens is 482 g/mol. The van der Waals surface area contributed by atoms with E-state index in [4.69, 9.17) is 0 Å². The molecule has 4 rings (SSSR count). The van der Waals surface area contributed by atoms with Crippen molar-refractivity contribution in [3.05, 3.63) is 64.4 Å². The Balaban J connectivity index is 1.61. The summed E-state index contributed by atoms with van der Waals surface area (Å²) in [6.45, 7) is 2.21. The van der Waals surface area contributed by atoms with E-state index in [2.05, 4.69) is 46.4 Å². The first kappa shape index (κ1) is 21.2. The first-order valence-electron chi connectivity index (χ1n) is 9.35. The molecule has 11 heteroatoms. The number of benzene rings is 2. The molecule has 0 aliphatic rings. The normalized spacial score (nSPS) is 11.2. The number of nitrogens with zero attached hydrogens (tertiary/aromatic N) is 4. The second kappa shape index (κ2) is 9.00. The molecule has 0 unspecified atom stereocenters. The highest BCUT2D eigenvalue weighted by Gasteiger charge is 2.10. The highest BCUT2D eigenvalue weighted by molar-refractivity contribution is 9.10. The molecule has 160 valence electrons. The average Bonchev–Trinajstić information content (AvgIpc) is 3.11. The van der Waals surface area contributed by atoms with Crippen molar-refractivity contribution < 1.29 is 8.42 Å². The zero-order valence-electron chi connectivity index (χ0n) is 16.8. The zero-order valence-corrected chi connectivity index (χ0v) is 19.2. The van der Waals surface area contributed by atoms with Crippen LogP contribution >= 0.6 is 15.9 Å². The first-order valence-corrected chi connectivity index (χ1v) is 11.3. The van der Waals surface area contributed by atoms with Gasteiger partial charge in [0.25, 0.3) is 0 Å². The molecule has 0 saturated heterocycles. The number of fused-ring (bicyclic) bond motifs is 1. The van der Waals surface area contributed by atoms with Crippen molar-refractivity contribution in [2.45, 2.75) is 13.5 Å². The fourth-order valence-corrected chi connectivity index (χ4v) is 3.80. The molecule has 3 N–H and O–H groups in total. The molecule has 0 amide bonds. The molecule has 9 nitrogen and oxygen atoms in total. The molecule has 2 aromatic carbocycles. The number of anilines is 4. The number of hydrogen-bond acceptors (Lipinski definition) is 7. The van der Waals surface area contributed by atoms with Gasteiger partial charge in [0.2, 0.25) is 16.8 Å². The van der Waals surface area contributed by atoms with E-state index in [-0.39, 0.29) is 6.54 Å². The Morgan fingerprint density at radius 3 is 2.74 bits per heavy atom. The average molecular weight is 502 g/mol. The number of aromatic nitrogens is 4. The summed E-state index contributed by atoms with van der Waals surface area (Å²) < 4.78 is 26.7. The van der Waals surface area contributed by atoms with Gasteiger partial charge in [-0.3, -0.25) is 4.68 Å². The second-order valence-electron chi connectivity index (χ2n) is 6.88. The fourth-order valence-electron chi connectivity index (χ4n) is 3.21. The maximum Gasteiger partial charge on any atom is 0.229 e. The molecular formula is C20H20BrN7O2S. The monoisotopic (exact) mass is 501 g/mol. The number of rotatable bonds is 7. The van der Waals surface area contributed by atoms with Crippen LogP contribution in [0.1, 0.15) is 11.1 Å². The summed E-state index contributed by atoms with van der Waals surface area (Å²) in [6.07, 6.45) is 3.50. The number of hydrogen-bond donors (Lipinski definition) is 4. The van der Waals surface area contributed by atoms with Gasteiger partial charge in [0, 0.05) is 36.6 Å². The number of nitrogens with one attached hydrogen (secondary N) is 3. The molecule has 0 aliphatic carbocycles. The molecule has 0 bridgehead atoms. The van der Waals surface area contributed by atoms with E-state index in [0.29, 0.717) is 16.2 Å². The fraction of sp³-hybridized carbons (Fsp3) is 0.150. The molecule has 0 spiro atoms. The lowest BCUT2D eigenvalue weighted by molar-refractivity contribution is 0.601. The van der Waals surface area contributed by atoms with Gasteiger partial charge in [-0.2, -0.15) is 10.1 Å². The molecule has 2 heterocycles. The van der Waals surface area contributed by atoms with E-state index < -0.39 is 10.9 Å². The van der Waals surface area contributed by atoms with Gasteiger partial charge in [-0.1, -0.05) is 18.2 Å². The van der Waals surface area contributed by atoms with E-state index in [1.54, 1.807) is 6.20 Å². The summed E-state index contributed by atoms with van der Waals surface area (Å²) in [6, 6.07) is 11.4. The summed E-state index contributed by atoms with van der Waals surface area (Å²) in [5.41, 5.74) is 4.49. The smallest absolute Gasteiger partial charge is 0.229 e. The van der Waals surface area contributed by atoms with Crippen LogP contribution in [-0.4, -0.2) is 28.2 Å². The lowest BCUT2D eigenvalue weighted by Gasteiger charge is -2.13. The molecule has 31 heavy (non-hydrogen) atoms. The summed E-state index contributed by atoms with van der Waals surface area (Å²) >= 11 is 3.47. The van der Waals surface area contributed by atoms with Crippen LogP contribution in [0.2, 0.25) is 0 Å². The molecule has 0 saturated carbocycles. The summed E-state index contributed by atoms with van der Waals surface area (Å²) in [5.74, 6) is 0.972. The minimum absolute atomic E-state index is 0.180. The molecule has 0 aliphatic heterocycles. The quantitative estimate of drug-likeness (QED) is 0.286. The van der Waals surface area contributed by atoms with E-state index in [9.17, 15) is 8.42 Å². The Morgan fingerprint density at radius 1 is 1.13 bits per heavy atom. The van der Waals surface area contributed by atoms with Crippen molar-refractivity contribution >= 4 is 60.9 Å². The molecule has 0 fully saturated rings. The Kier molecular flexibility index (Phi) is 6.16. The van der Waals surface area contributed by atoms with Crippen LogP contribution in [-0.2, 0) is 24.5 Å². The van der Waals surface area contributed by atoms with Gasteiger partial charge >= 0.3 is 0 Å². The summed E-state index contributed by atoms with van der Waals surface area (Å²) in [4.78, 5) is 8.93. The molecule has 2 aromatic heterocycles. The SMILES string of the molecule is Cc1cc(Nc2ncc(Br)c(Nc3ccccc3CN[SH](=O)=O)n2)cc2c1cnn2C. The maximum absolute atomic E-state index is 10.9. The predicted octanol–water partition coefficient (Wildman–Crippen LogP) is 3.54. The van der Waals surface area contributed by atoms with Crippen molar-refractivity contribution in [2.24, 2.45) is 7.05 Å².